The van der Waals surface area contributed by atoms with E-state index in [4.69, 9.17) is 4.42 Å². The topological polar surface area (TPSA) is 99.1 Å². The van der Waals surface area contributed by atoms with Crippen LogP contribution in [0.25, 0.3) is 22.4 Å². The van der Waals surface area contributed by atoms with E-state index >= 15 is 0 Å². The molecule has 0 bridgehead atoms. The SMILES string of the molecule is Cn1c(-c2ccccc2)nn(CCNC(=O)c2cc(=O)c3ccccc3o2)c1=O. The highest BCUT2D eigenvalue weighted by molar-refractivity contribution is 5.93. The molecule has 2 aromatic heterocycles. The normalized spacial score (nSPS) is 10.9. The number of aromatic nitrogens is 3. The number of carbonyl (C=O) groups excluding carboxylic acids is 1. The van der Waals surface area contributed by atoms with Crippen molar-refractivity contribution >= 4 is 16.9 Å². The molecule has 0 aliphatic rings. The number of carbonyl (C=O) groups is 1. The van der Waals surface area contributed by atoms with Gasteiger partial charge in [0.1, 0.15) is 5.58 Å². The average molecular weight is 390 g/mol. The molecule has 0 aliphatic carbocycles. The molecule has 0 fully saturated rings. The Labute approximate surface area is 165 Å². The van der Waals surface area contributed by atoms with Crippen LogP contribution in [0.15, 0.2) is 74.7 Å². The zero-order valence-corrected chi connectivity index (χ0v) is 15.7. The molecule has 0 saturated heterocycles. The van der Waals surface area contributed by atoms with Crippen LogP contribution in [0.5, 0.6) is 0 Å². The Morgan fingerprint density at radius 1 is 1.07 bits per heavy atom. The summed E-state index contributed by atoms with van der Waals surface area (Å²) in [7, 11) is 1.65. The van der Waals surface area contributed by atoms with Crippen molar-refractivity contribution in [2.75, 3.05) is 6.54 Å². The molecule has 0 radical (unpaired) electrons. The van der Waals surface area contributed by atoms with E-state index in [0.717, 1.165) is 11.6 Å². The third-order valence-corrected chi connectivity index (χ3v) is 4.54. The zero-order valence-electron chi connectivity index (χ0n) is 15.7. The number of fused-ring (bicyclic) bond motifs is 1. The summed E-state index contributed by atoms with van der Waals surface area (Å²) in [6.45, 7) is 0.337. The Balaban J connectivity index is 1.48. The Hall–Kier alpha value is -3.94. The molecule has 8 nitrogen and oxygen atoms in total. The van der Waals surface area contributed by atoms with Crippen molar-refractivity contribution in [3.05, 3.63) is 87.1 Å². The molecule has 4 aromatic rings. The van der Waals surface area contributed by atoms with Crippen LogP contribution in [0.1, 0.15) is 10.6 Å². The van der Waals surface area contributed by atoms with Crippen LogP contribution >= 0.6 is 0 Å². The number of hydrogen-bond donors (Lipinski definition) is 1. The van der Waals surface area contributed by atoms with Gasteiger partial charge in [-0.15, -0.1) is 5.10 Å². The molecule has 1 N–H and O–H groups in total. The molecule has 4 rings (SSSR count). The Morgan fingerprint density at radius 3 is 2.59 bits per heavy atom. The second-order valence-corrected chi connectivity index (χ2v) is 6.48. The lowest BCUT2D eigenvalue weighted by molar-refractivity contribution is 0.0924. The predicted molar refractivity (Wildman–Crippen MR) is 108 cm³/mol. The summed E-state index contributed by atoms with van der Waals surface area (Å²) in [5.41, 5.74) is 0.604. The number of nitrogens with zero attached hydrogens (tertiary/aromatic N) is 3. The smallest absolute Gasteiger partial charge is 0.345 e. The molecule has 146 valence electrons. The van der Waals surface area contributed by atoms with E-state index in [-0.39, 0.29) is 30.0 Å². The molecule has 0 spiro atoms. The van der Waals surface area contributed by atoms with Gasteiger partial charge in [0, 0.05) is 25.2 Å². The van der Waals surface area contributed by atoms with Crippen molar-refractivity contribution < 1.29 is 9.21 Å². The quantitative estimate of drug-likeness (QED) is 0.560. The second-order valence-electron chi connectivity index (χ2n) is 6.48. The van der Waals surface area contributed by atoms with Crippen molar-refractivity contribution in [3.63, 3.8) is 0 Å². The highest BCUT2D eigenvalue weighted by Crippen LogP contribution is 2.14. The highest BCUT2D eigenvalue weighted by atomic mass is 16.3. The van der Waals surface area contributed by atoms with Gasteiger partial charge in [0.15, 0.2) is 17.0 Å². The lowest BCUT2D eigenvalue weighted by Gasteiger charge is -2.05. The summed E-state index contributed by atoms with van der Waals surface area (Å²) in [4.78, 5) is 36.9. The minimum absolute atomic E-state index is 0.0768. The summed E-state index contributed by atoms with van der Waals surface area (Å²) >= 11 is 0. The third kappa shape index (κ3) is 3.60. The van der Waals surface area contributed by atoms with E-state index in [1.807, 2.05) is 30.3 Å². The molecule has 8 heteroatoms. The molecule has 0 saturated carbocycles. The van der Waals surface area contributed by atoms with Gasteiger partial charge >= 0.3 is 5.69 Å². The summed E-state index contributed by atoms with van der Waals surface area (Å²) < 4.78 is 8.26. The first-order chi connectivity index (χ1) is 14.0. The number of nitrogens with one attached hydrogen (secondary N) is 1. The molecule has 2 heterocycles. The summed E-state index contributed by atoms with van der Waals surface area (Å²) in [6.07, 6.45) is 0. The molecule has 2 aromatic carbocycles. The molecule has 0 aliphatic heterocycles. The van der Waals surface area contributed by atoms with Crippen LogP contribution in [0, 0.1) is 0 Å². The first-order valence-electron chi connectivity index (χ1n) is 9.05. The number of rotatable bonds is 5. The average Bonchev–Trinajstić information content (AvgIpc) is 3.03. The van der Waals surface area contributed by atoms with Gasteiger partial charge in [0.2, 0.25) is 0 Å². The van der Waals surface area contributed by atoms with Crippen molar-refractivity contribution in [1.29, 1.82) is 0 Å². The number of hydrogen-bond acceptors (Lipinski definition) is 5. The monoisotopic (exact) mass is 390 g/mol. The van der Waals surface area contributed by atoms with E-state index < -0.39 is 5.91 Å². The van der Waals surface area contributed by atoms with Crippen LogP contribution in [0.4, 0.5) is 0 Å². The minimum Gasteiger partial charge on any atom is -0.451 e. The van der Waals surface area contributed by atoms with Gasteiger partial charge in [-0.1, -0.05) is 42.5 Å². The lowest BCUT2D eigenvalue weighted by atomic mass is 10.2. The number of para-hydroxylation sites is 1. The Kier molecular flexibility index (Phi) is 4.82. The largest absolute Gasteiger partial charge is 0.451 e. The van der Waals surface area contributed by atoms with Crippen LogP contribution in [0.3, 0.4) is 0 Å². The van der Waals surface area contributed by atoms with Gasteiger partial charge in [-0.05, 0) is 12.1 Å². The van der Waals surface area contributed by atoms with Crippen molar-refractivity contribution in [1.82, 2.24) is 19.7 Å². The van der Waals surface area contributed by atoms with Gasteiger partial charge in [-0.2, -0.15) is 0 Å². The lowest BCUT2D eigenvalue weighted by Crippen LogP contribution is -2.32. The fourth-order valence-corrected chi connectivity index (χ4v) is 3.05. The van der Waals surface area contributed by atoms with E-state index in [1.54, 1.807) is 31.3 Å². The third-order valence-electron chi connectivity index (χ3n) is 4.54. The fraction of sp³-hybridized carbons (Fsp3) is 0.143. The van der Waals surface area contributed by atoms with E-state index in [2.05, 4.69) is 10.4 Å². The molecule has 1 amide bonds. The fourth-order valence-electron chi connectivity index (χ4n) is 3.05. The van der Waals surface area contributed by atoms with Crippen LogP contribution in [0.2, 0.25) is 0 Å². The van der Waals surface area contributed by atoms with E-state index in [1.165, 1.54) is 9.25 Å². The standard InChI is InChI=1S/C21H18N4O4/c1-24-19(14-7-3-2-4-8-14)23-25(21(24)28)12-11-22-20(27)18-13-16(26)15-9-5-6-10-17(15)29-18/h2-10,13H,11-12H2,1H3,(H,22,27). The molecule has 29 heavy (non-hydrogen) atoms. The first-order valence-corrected chi connectivity index (χ1v) is 9.05. The Morgan fingerprint density at radius 2 is 1.79 bits per heavy atom. The summed E-state index contributed by atoms with van der Waals surface area (Å²) in [6, 6.07) is 17.3. The maximum absolute atomic E-state index is 12.4. The second kappa shape index (κ2) is 7.59. The van der Waals surface area contributed by atoms with Gasteiger partial charge in [0.25, 0.3) is 5.91 Å². The van der Waals surface area contributed by atoms with Crippen molar-refractivity contribution in [3.8, 4) is 11.4 Å². The van der Waals surface area contributed by atoms with Crippen molar-refractivity contribution in [2.24, 2.45) is 7.05 Å². The van der Waals surface area contributed by atoms with Crippen LogP contribution in [-0.4, -0.2) is 26.8 Å². The Bertz CT molecular complexity index is 1300. The maximum Gasteiger partial charge on any atom is 0.345 e. The molecule has 0 unspecified atom stereocenters. The summed E-state index contributed by atoms with van der Waals surface area (Å²) in [5, 5.41) is 7.42. The minimum atomic E-state index is -0.528. The number of amides is 1. The molecule has 0 atom stereocenters. The van der Waals surface area contributed by atoms with E-state index in [0.29, 0.717) is 16.8 Å². The zero-order chi connectivity index (χ0) is 20.4. The van der Waals surface area contributed by atoms with Gasteiger partial charge < -0.3 is 9.73 Å². The first kappa shape index (κ1) is 18.4. The van der Waals surface area contributed by atoms with Crippen molar-refractivity contribution in [2.45, 2.75) is 6.54 Å². The number of benzene rings is 2. The highest BCUT2D eigenvalue weighted by Gasteiger charge is 2.14. The van der Waals surface area contributed by atoms with E-state index in [9.17, 15) is 14.4 Å². The van der Waals surface area contributed by atoms with Gasteiger partial charge in [0.05, 0.1) is 11.9 Å². The van der Waals surface area contributed by atoms with Crippen LogP contribution < -0.4 is 16.4 Å². The van der Waals surface area contributed by atoms with Gasteiger partial charge in [-0.25, -0.2) is 9.48 Å². The maximum atomic E-state index is 12.4. The molecular weight excluding hydrogens is 372 g/mol. The molecular formula is C21H18N4O4. The van der Waals surface area contributed by atoms with Crippen LogP contribution in [-0.2, 0) is 13.6 Å². The summed E-state index contributed by atoms with van der Waals surface area (Å²) in [5.74, 6) is -0.0605. The predicted octanol–water partition coefficient (Wildman–Crippen LogP) is 1.79. The van der Waals surface area contributed by atoms with Gasteiger partial charge in [-0.3, -0.25) is 14.2 Å².